The predicted octanol–water partition coefficient (Wildman–Crippen LogP) is 7.96. The summed E-state index contributed by atoms with van der Waals surface area (Å²) in [4.78, 5) is 63.1. The molecule has 2 aliphatic heterocycles. The van der Waals surface area contributed by atoms with Crippen molar-refractivity contribution >= 4 is 69.9 Å². The number of amides is 4. The Hall–Kier alpha value is -4.91. The summed E-state index contributed by atoms with van der Waals surface area (Å²) < 4.78 is 40.3. The molecule has 2 N–H and O–H groups in total. The van der Waals surface area contributed by atoms with Gasteiger partial charge in [-0.2, -0.15) is 18.2 Å². The highest BCUT2D eigenvalue weighted by molar-refractivity contribution is 6.33. The Morgan fingerprint density at radius 2 is 1.51 bits per heavy atom. The van der Waals surface area contributed by atoms with Crippen LogP contribution in [0.15, 0.2) is 96.7 Å². The molecule has 0 spiro atoms. The number of benzene rings is 3. The van der Waals surface area contributed by atoms with E-state index >= 15 is 4.79 Å². The summed E-state index contributed by atoms with van der Waals surface area (Å²) in [5.41, 5.74) is 1.27. The number of nitrogens with zero attached hydrogens (tertiary/aromatic N) is 3. The minimum Gasteiger partial charge on any atom is -0.508 e. The molecule has 1 saturated carbocycles. The monoisotopic (exact) mass is 780 g/mol. The van der Waals surface area contributed by atoms with Gasteiger partial charge in [0.1, 0.15) is 5.75 Å². The van der Waals surface area contributed by atoms with E-state index < -0.39 is 75.4 Å². The molecule has 4 aliphatic rings. The third-order valence-electron chi connectivity index (χ3n) is 10.9. The maximum absolute atomic E-state index is 15.2. The molecule has 4 aromatic rings. The van der Waals surface area contributed by atoms with Crippen molar-refractivity contribution in [3.63, 3.8) is 0 Å². The summed E-state index contributed by atoms with van der Waals surface area (Å²) in [6, 6.07) is 19.6. The number of aromatic hydroxyl groups is 1. The van der Waals surface area contributed by atoms with Gasteiger partial charge in [-0.1, -0.05) is 76.8 Å². The topological polar surface area (TPSA) is 120 Å². The van der Waals surface area contributed by atoms with Crippen LogP contribution in [0.3, 0.4) is 0 Å². The molecule has 270 valence electrons. The molecule has 3 fully saturated rings. The number of fused-ring (bicyclic) bond motifs is 4. The average Bonchev–Trinajstić information content (AvgIpc) is 3.50. The number of hydrogen-bond donors (Lipinski definition) is 2. The zero-order valence-corrected chi connectivity index (χ0v) is 29.4. The SMILES string of the molecule is O=C1[C@@H]2C[C@@H]3C(=CC[C@@H]4C(=O)N(c5ccc(Cl)cc5)C(=O)[C@@H]43)[C@H](c3ccccc3O)[C@]2(c2ccc(Cl)cc2)C(=O)N1Nc1ncc(C(F)(F)F)cc1Cl. The lowest BCUT2D eigenvalue weighted by atomic mass is 9.49. The molecule has 2 saturated heterocycles. The average molecular weight is 782 g/mol. The second-order valence-electron chi connectivity index (χ2n) is 13.5. The molecule has 0 bridgehead atoms. The van der Waals surface area contributed by atoms with E-state index in [0.717, 1.165) is 4.90 Å². The van der Waals surface area contributed by atoms with Crippen LogP contribution in [-0.2, 0) is 30.8 Å². The highest BCUT2D eigenvalue weighted by atomic mass is 35.5. The molecule has 53 heavy (non-hydrogen) atoms. The zero-order chi connectivity index (χ0) is 37.6. The van der Waals surface area contributed by atoms with Gasteiger partial charge in [0, 0.05) is 27.7 Å². The summed E-state index contributed by atoms with van der Waals surface area (Å²) in [6.07, 6.45) is -2.32. The van der Waals surface area contributed by atoms with Gasteiger partial charge in [0.25, 0.3) is 11.8 Å². The lowest BCUT2D eigenvalue weighted by molar-refractivity contribution is -0.139. The summed E-state index contributed by atoms with van der Waals surface area (Å²) in [7, 11) is 0. The summed E-state index contributed by atoms with van der Waals surface area (Å²) in [5, 5.41) is 12.4. The first kappa shape index (κ1) is 35.1. The number of rotatable bonds is 5. The highest BCUT2D eigenvalue weighted by Crippen LogP contribution is 2.65. The molecule has 3 aromatic carbocycles. The minimum absolute atomic E-state index is 0.0654. The Balaban J connectivity index is 1.30. The molecule has 1 aromatic heterocycles. The maximum atomic E-state index is 15.2. The number of phenols is 1. The van der Waals surface area contributed by atoms with E-state index in [9.17, 15) is 32.7 Å². The van der Waals surface area contributed by atoms with E-state index in [0.29, 0.717) is 49.7 Å². The normalized spacial score (nSPS) is 26.7. The van der Waals surface area contributed by atoms with Gasteiger partial charge in [0.2, 0.25) is 11.8 Å². The molecule has 8 rings (SSSR count). The predicted molar refractivity (Wildman–Crippen MR) is 189 cm³/mol. The van der Waals surface area contributed by atoms with Gasteiger partial charge in [0.15, 0.2) is 5.82 Å². The van der Waals surface area contributed by atoms with Crippen molar-refractivity contribution < 1.29 is 37.5 Å². The van der Waals surface area contributed by atoms with Crippen LogP contribution in [0, 0.1) is 23.7 Å². The fourth-order valence-corrected chi connectivity index (χ4v) is 9.16. The van der Waals surface area contributed by atoms with Crippen molar-refractivity contribution in [1.29, 1.82) is 0 Å². The number of anilines is 2. The van der Waals surface area contributed by atoms with Crippen molar-refractivity contribution in [2.24, 2.45) is 23.7 Å². The van der Waals surface area contributed by atoms with Gasteiger partial charge >= 0.3 is 6.18 Å². The van der Waals surface area contributed by atoms with E-state index in [1.54, 1.807) is 66.7 Å². The van der Waals surface area contributed by atoms with Gasteiger partial charge in [-0.3, -0.25) is 29.5 Å². The van der Waals surface area contributed by atoms with E-state index in [1.165, 1.54) is 6.07 Å². The summed E-state index contributed by atoms with van der Waals surface area (Å²) in [5.74, 6) is -7.68. The number of hydrogen-bond acceptors (Lipinski definition) is 7. The molecular formula is C38H26Cl3F3N4O5. The van der Waals surface area contributed by atoms with E-state index in [2.05, 4.69) is 10.4 Å². The smallest absolute Gasteiger partial charge is 0.417 e. The number of allylic oxidation sites excluding steroid dienone is 2. The Morgan fingerprint density at radius 3 is 2.15 bits per heavy atom. The van der Waals surface area contributed by atoms with Crippen LogP contribution in [-0.4, -0.2) is 38.7 Å². The Kier molecular flexibility index (Phi) is 8.36. The van der Waals surface area contributed by atoms with E-state index in [4.69, 9.17) is 34.8 Å². The van der Waals surface area contributed by atoms with Crippen molar-refractivity contribution in [2.45, 2.75) is 30.4 Å². The highest BCUT2D eigenvalue weighted by Gasteiger charge is 2.70. The molecule has 15 heteroatoms. The maximum Gasteiger partial charge on any atom is 0.417 e. The fourth-order valence-electron chi connectivity index (χ4n) is 8.70. The molecule has 6 atom stereocenters. The number of para-hydroxylation sites is 1. The van der Waals surface area contributed by atoms with Gasteiger partial charge < -0.3 is 5.11 Å². The van der Waals surface area contributed by atoms with Gasteiger partial charge in [-0.25, -0.2) is 4.98 Å². The Labute approximate surface area is 314 Å². The Morgan fingerprint density at radius 1 is 0.849 bits per heavy atom. The third kappa shape index (κ3) is 5.32. The summed E-state index contributed by atoms with van der Waals surface area (Å²) in [6.45, 7) is 0. The number of aromatic nitrogens is 1. The van der Waals surface area contributed by atoms with Crippen LogP contribution in [0.25, 0.3) is 0 Å². The lowest BCUT2D eigenvalue weighted by Crippen LogP contribution is -2.53. The minimum atomic E-state index is -4.75. The van der Waals surface area contributed by atoms with Crippen LogP contribution < -0.4 is 10.3 Å². The first-order chi connectivity index (χ1) is 25.2. The fraction of sp³-hybridized carbons (Fsp3) is 0.237. The number of carbonyl (C=O) groups is 4. The number of hydrazine groups is 1. The number of phenolic OH excluding ortho intramolecular Hbond substituents is 1. The molecule has 3 heterocycles. The molecule has 4 amide bonds. The second kappa shape index (κ2) is 12.6. The number of alkyl halides is 3. The number of halogens is 6. The molecule has 9 nitrogen and oxygen atoms in total. The van der Waals surface area contributed by atoms with E-state index in [-0.39, 0.29) is 24.4 Å². The van der Waals surface area contributed by atoms with Crippen molar-refractivity contribution in [1.82, 2.24) is 9.99 Å². The molecule has 0 unspecified atom stereocenters. The number of imide groups is 2. The molecule has 2 aliphatic carbocycles. The zero-order valence-electron chi connectivity index (χ0n) is 27.2. The standard InChI is InChI=1S/C38H26Cl3F3N4O5/c39-20-7-5-18(6-8-20)37-27(34(51)48(36(37)53)46-32-28(41)15-19(17-45-32)38(42,43)44)16-26-23(31(37)24-3-1-2-4-29(24)49)13-14-25-30(26)35(52)47(33(25)50)22-11-9-21(40)10-12-22/h1-13,15,17,25-27,30-31,49H,14,16H2,(H,45,46)/t25-,26+,27-,30-,31+,37+/m0/s1. The van der Waals surface area contributed by atoms with Crippen LogP contribution >= 0.6 is 34.8 Å². The largest absolute Gasteiger partial charge is 0.508 e. The van der Waals surface area contributed by atoms with Gasteiger partial charge in [-0.15, -0.1) is 0 Å². The first-order valence-corrected chi connectivity index (χ1v) is 17.6. The van der Waals surface area contributed by atoms with Crippen LogP contribution in [0.5, 0.6) is 5.75 Å². The number of carbonyl (C=O) groups excluding carboxylic acids is 4. The summed E-state index contributed by atoms with van der Waals surface area (Å²) >= 11 is 18.6. The molecule has 0 radical (unpaired) electrons. The number of pyridine rings is 1. The third-order valence-corrected chi connectivity index (χ3v) is 11.7. The van der Waals surface area contributed by atoms with Crippen LogP contribution in [0.2, 0.25) is 15.1 Å². The first-order valence-electron chi connectivity index (χ1n) is 16.5. The van der Waals surface area contributed by atoms with Crippen LogP contribution in [0.1, 0.15) is 35.4 Å². The lowest BCUT2D eigenvalue weighted by Gasteiger charge is -2.50. The quantitative estimate of drug-likeness (QED) is 0.156. The second-order valence-corrected chi connectivity index (χ2v) is 14.7. The van der Waals surface area contributed by atoms with E-state index in [1.807, 2.05) is 6.08 Å². The van der Waals surface area contributed by atoms with Gasteiger partial charge in [-0.05, 0) is 72.9 Å². The van der Waals surface area contributed by atoms with Gasteiger partial charge in [0.05, 0.1) is 39.4 Å². The van der Waals surface area contributed by atoms with Crippen LogP contribution in [0.4, 0.5) is 24.7 Å². The van der Waals surface area contributed by atoms with Crippen molar-refractivity contribution in [3.8, 4) is 5.75 Å². The Bertz CT molecular complexity index is 2250. The van der Waals surface area contributed by atoms with Crippen molar-refractivity contribution in [3.05, 3.63) is 128 Å². The molecular weight excluding hydrogens is 756 g/mol. The van der Waals surface area contributed by atoms with Crippen molar-refractivity contribution in [2.75, 3.05) is 10.3 Å². The number of nitrogens with one attached hydrogen (secondary N) is 1.